The Morgan fingerprint density at radius 3 is 2.61 bits per heavy atom. The number of amides is 2. The Morgan fingerprint density at radius 1 is 1.05 bits per heavy atom. The van der Waals surface area contributed by atoms with Crippen LogP contribution in [0.4, 0.5) is 5.69 Å². The van der Waals surface area contributed by atoms with Gasteiger partial charge in [-0.15, -0.1) is 0 Å². The van der Waals surface area contributed by atoms with Crippen LogP contribution in [0.15, 0.2) is 46.9 Å². The van der Waals surface area contributed by atoms with E-state index in [0.29, 0.717) is 62.1 Å². The Balaban J connectivity index is 1.17. The molecule has 3 aliphatic heterocycles. The first-order chi connectivity index (χ1) is 18.5. The average molecular weight is 577 g/mol. The van der Waals surface area contributed by atoms with E-state index >= 15 is 0 Å². The second kappa shape index (κ2) is 9.24. The van der Waals surface area contributed by atoms with Crippen molar-refractivity contribution in [3.05, 3.63) is 63.8 Å². The molecular weight excluding hydrogens is 548 g/mol. The Labute approximate surface area is 229 Å². The number of fused-ring (bicyclic) bond motifs is 2. The maximum Gasteiger partial charge on any atom is 0.272 e. The minimum Gasteiger partial charge on any atom is -0.467 e. The molecule has 9 heteroatoms. The molecule has 3 fully saturated rings. The lowest BCUT2D eigenvalue weighted by atomic mass is 9.96. The number of para-hydroxylation sites is 1. The van der Waals surface area contributed by atoms with Crippen molar-refractivity contribution in [2.75, 3.05) is 44.3 Å². The van der Waals surface area contributed by atoms with Gasteiger partial charge in [0.15, 0.2) is 5.72 Å². The number of carbonyl (C=O) groups is 2. The van der Waals surface area contributed by atoms with Crippen LogP contribution in [-0.2, 0) is 4.74 Å². The standard InChI is InChI=1S/C29H29BrN4O4/c30-19-6-7-25-22(16-19)27(35)32-29(38-25)8-10-34(11-9-29)28(36)23-17-24(33-12-14-37-15-13-33)21-3-1-2-20(18-4-5-18)26(21)31-23/h1-3,6-7,16-18H,4-5,8-15H2,(H,32,35). The van der Waals surface area contributed by atoms with E-state index in [1.807, 2.05) is 23.1 Å². The first-order valence-electron chi connectivity index (χ1n) is 13.4. The molecule has 1 aromatic heterocycles. The molecule has 1 saturated carbocycles. The van der Waals surface area contributed by atoms with E-state index in [4.69, 9.17) is 14.5 Å². The van der Waals surface area contributed by atoms with E-state index in [1.54, 1.807) is 6.07 Å². The van der Waals surface area contributed by atoms with Crippen LogP contribution >= 0.6 is 15.9 Å². The summed E-state index contributed by atoms with van der Waals surface area (Å²) in [4.78, 5) is 35.8. The van der Waals surface area contributed by atoms with Crippen molar-refractivity contribution in [2.45, 2.75) is 37.3 Å². The maximum absolute atomic E-state index is 13.8. The Kier molecular flexibility index (Phi) is 5.81. The summed E-state index contributed by atoms with van der Waals surface area (Å²) in [5.41, 5.74) is 3.44. The molecule has 1 aliphatic carbocycles. The van der Waals surface area contributed by atoms with E-state index in [0.717, 1.165) is 34.2 Å². The van der Waals surface area contributed by atoms with Crippen molar-refractivity contribution >= 4 is 44.3 Å². The van der Waals surface area contributed by atoms with Crippen LogP contribution in [0, 0.1) is 0 Å². The van der Waals surface area contributed by atoms with Crippen LogP contribution in [0.1, 0.15) is 58.0 Å². The second-order valence-corrected chi connectivity index (χ2v) is 11.5. The van der Waals surface area contributed by atoms with Crippen molar-refractivity contribution in [3.8, 4) is 5.75 Å². The van der Waals surface area contributed by atoms with Crippen molar-refractivity contribution in [1.29, 1.82) is 0 Å². The number of hydrogen-bond acceptors (Lipinski definition) is 6. The van der Waals surface area contributed by atoms with Crippen LogP contribution in [0.3, 0.4) is 0 Å². The third-order valence-corrected chi connectivity index (χ3v) is 8.62. The molecule has 0 atom stereocenters. The zero-order valence-corrected chi connectivity index (χ0v) is 22.6. The van der Waals surface area contributed by atoms with Gasteiger partial charge in [0.2, 0.25) is 0 Å². The van der Waals surface area contributed by atoms with Crippen molar-refractivity contribution in [3.63, 3.8) is 0 Å². The van der Waals surface area contributed by atoms with Crippen LogP contribution in [0.2, 0.25) is 0 Å². The van der Waals surface area contributed by atoms with Crippen LogP contribution < -0.4 is 15.0 Å². The molecule has 7 rings (SSSR count). The van der Waals surface area contributed by atoms with Gasteiger partial charge in [-0.1, -0.05) is 34.1 Å². The van der Waals surface area contributed by atoms with Crippen molar-refractivity contribution in [1.82, 2.24) is 15.2 Å². The van der Waals surface area contributed by atoms with Crippen LogP contribution in [0.5, 0.6) is 5.75 Å². The fourth-order valence-electron chi connectivity index (χ4n) is 5.89. The van der Waals surface area contributed by atoms with Gasteiger partial charge in [-0.3, -0.25) is 9.59 Å². The molecule has 38 heavy (non-hydrogen) atoms. The molecule has 8 nitrogen and oxygen atoms in total. The molecule has 2 amide bonds. The van der Waals surface area contributed by atoms with Gasteiger partial charge in [0.25, 0.3) is 11.8 Å². The van der Waals surface area contributed by atoms with Gasteiger partial charge in [0.1, 0.15) is 11.4 Å². The first kappa shape index (κ1) is 23.9. The normalized spacial score (nSPS) is 20.7. The van der Waals surface area contributed by atoms with E-state index in [9.17, 15) is 9.59 Å². The number of piperidine rings is 1. The van der Waals surface area contributed by atoms with E-state index in [1.165, 1.54) is 18.4 Å². The lowest BCUT2D eigenvalue weighted by Crippen LogP contribution is -2.61. The lowest BCUT2D eigenvalue weighted by Gasteiger charge is -2.44. The predicted octanol–water partition coefficient (Wildman–Crippen LogP) is 4.47. The number of ether oxygens (including phenoxy) is 2. The molecule has 2 saturated heterocycles. The van der Waals surface area contributed by atoms with E-state index < -0.39 is 5.72 Å². The molecule has 3 aromatic rings. The van der Waals surface area contributed by atoms with Crippen LogP contribution in [0.25, 0.3) is 10.9 Å². The Morgan fingerprint density at radius 2 is 1.84 bits per heavy atom. The second-order valence-electron chi connectivity index (χ2n) is 10.6. The number of pyridine rings is 1. The predicted molar refractivity (Wildman–Crippen MR) is 147 cm³/mol. The number of benzene rings is 2. The molecule has 196 valence electrons. The number of carbonyl (C=O) groups excluding carboxylic acids is 2. The molecule has 4 heterocycles. The molecule has 1 N–H and O–H groups in total. The van der Waals surface area contributed by atoms with Crippen molar-refractivity contribution < 1.29 is 19.1 Å². The molecule has 2 aromatic carbocycles. The van der Waals surface area contributed by atoms with Gasteiger partial charge in [-0.2, -0.15) is 0 Å². The quantitative estimate of drug-likeness (QED) is 0.495. The zero-order valence-electron chi connectivity index (χ0n) is 21.0. The molecule has 0 bridgehead atoms. The van der Waals surface area contributed by atoms with Gasteiger partial charge < -0.3 is 24.6 Å². The smallest absolute Gasteiger partial charge is 0.272 e. The molecular formula is C29H29BrN4O4. The maximum atomic E-state index is 13.8. The SMILES string of the molecule is O=C1NC2(CCN(C(=O)c3cc(N4CCOCC4)c4cccc(C5CC5)c4n3)CC2)Oc2ccc(Br)cc21. The summed E-state index contributed by atoms with van der Waals surface area (Å²) in [6, 6.07) is 13.8. The zero-order chi connectivity index (χ0) is 25.9. The summed E-state index contributed by atoms with van der Waals surface area (Å²) >= 11 is 3.42. The van der Waals surface area contributed by atoms with Gasteiger partial charge >= 0.3 is 0 Å². The monoisotopic (exact) mass is 576 g/mol. The van der Waals surface area contributed by atoms with Gasteiger partial charge in [0.05, 0.1) is 24.3 Å². The first-order valence-corrected chi connectivity index (χ1v) is 14.2. The highest BCUT2D eigenvalue weighted by atomic mass is 79.9. The van der Waals surface area contributed by atoms with Gasteiger partial charge in [-0.25, -0.2) is 4.98 Å². The highest BCUT2D eigenvalue weighted by Gasteiger charge is 2.43. The lowest BCUT2D eigenvalue weighted by molar-refractivity contribution is -0.0246. The third-order valence-electron chi connectivity index (χ3n) is 8.13. The summed E-state index contributed by atoms with van der Waals surface area (Å²) in [6.07, 6.45) is 3.37. The molecule has 1 spiro atoms. The number of aromatic nitrogens is 1. The molecule has 0 radical (unpaired) electrons. The number of nitrogens with zero attached hydrogens (tertiary/aromatic N) is 3. The van der Waals surface area contributed by atoms with Gasteiger partial charge in [-0.05, 0) is 48.6 Å². The highest BCUT2D eigenvalue weighted by molar-refractivity contribution is 9.10. The topological polar surface area (TPSA) is 84.0 Å². The largest absolute Gasteiger partial charge is 0.467 e. The summed E-state index contributed by atoms with van der Waals surface area (Å²) in [5, 5.41) is 4.17. The van der Waals surface area contributed by atoms with Crippen molar-refractivity contribution in [2.24, 2.45) is 0 Å². The van der Waals surface area contributed by atoms with E-state index in [2.05, 4.69) is 44.3 Å². The minimum atomic E-state index is -0.802. The Hall–Kier alpha value is -3.17. The van der Waals surface area contributed by atoms with E-state index in [-0.39, 0.29) is 11.8 Å². The summed E-state index contributed by atoms with van der Waals surface area (Å²) in [6.45, 7) is 3.89. The number of likely N-dealkylation sites (tertiary alicyclic amines) is 1. The number of rotatable bonds is 3. The fourth-order valence-corrected chi connectivity index (χ4v) is 6.25. The highest BCUT2D eigenvalue weighted by Crippen LogP contribution is 2.44. The summed E-state index contributed by atoms with van der Waals surface area (Å²) < 4.78 is 12.7. The minimum absolute atomic E-state index is 0.0756. The Bertz CT molecular complexity index is 1440. The number of morpholine rings is 1. The number of nitrogens with one attached hydrogen (secondary N) is 1. The van der Waals surface area contributed by atoms with Gasteiger partial charge in [0, 0.05) is 54.6 Å². The number of halogens is 1. The summed E-state index contributed by atoms with van der Waals surface area (Å²) in [7, 11) is 0. The fraction of sp³-hybridized carbons (Fsp3) is 0.414. The molecule has 4 aliphatic rings. The number of hydrogen-bond donors (Lipinski definition) is 1. The molecule has 0 unspecified atom stereocenters. The summed E-state index contributed by atoms with van der Waals surface area (Å²) in [5.74, 6) is 0.884. The average Bonchev–Trinajstić information content (AvgIpc) is 3.79. The van der Waals surface area contributed by atoms with Crippen LogP contribution in [-0.4, -0.2) is 66.8 Å². The third kappa shape index (κ3) is 4.22. The number of anilines is 1.